The summed E-state index contributed by atoms with van der Waals surface area (Å²) >= 11 is 0. The lowest BCUT2D eigenvalue weighted by Crippen LogP contribution is -2.18. The molecule has 0 aliphatic heterocycles. The molecule has 1 unspecified atom stereocenters. The molecule has 1 atom stereocenters. The Morgan fingerprint density at radius 3 is 3.00 bits per heavy atom. The average Bonchev–Trinajstić information content (AvgIpc) is 2.57. The summed E-state index contributed by atoms with van der Waals surface area (Å²) in [5.74, 6) is 0.783. The van der Waals surface area contributed by atoms with Crippen LogP contribution in [0.2, 0.25) is 0 Å². The molecule has 1 aliphatic carbocycles. The van der Waals surface area contributed by atoms with Gasteiger partial charge in [-0.25, -0.2) is 0 Å². The van der Waals surface area contributed by atoms with Crippen LogP contribution in [0.25, 0.3) is 0 Å². The number of ether oxygens (including phenoxy) is 1. The van der Waals surface area contributed by atoms with E-state index in [1.807, 2.05) is 18.2 Å². The van der Waals surface area contributed by atoms with Crippen molar-refractivity contribution in [3.63, 3.8) is 0 Å². The van der Waals surface area contributed by atoms with E-state index in [2.05, 4.69) is 6.58 Å². The number of rotatable bonds is 2. The minimum absolute atomic E-state index is 0.721. The van der Waals surface area contributed by atoms with Crippen LogP contribution in [0.15, 0.2) is 30.9 Å². The molecule has 0 saturated carbocycles. The standard InChI is InChI=1S/C12H14O2/c1-3-12(13)7-6-9-4-5-10(14-2)8-11(9)12/h3-5,8,13H,1,6-7H2,2H3. The topological polar surface area (TPSA) is 29.5 Å². The molecule has 74 valence electrons. The fourth-order valence-electron chi connectivity index (χ4n) is 1.98. The van der Waals surface area contributed by atoms with Gasteiger partial charge in [0.25, 0.3) is 0 Å². The highest BCUT2D eigenvalue weighted by molar-refractivity contribution is 5.44. The Morgan fingerprint density at radius 1 is 1.57 bits per heavy atom. The molecule has 0 bridgehead atoms. The predicted molar refractivity (Wildman–Crippen MR) is 55.4 cm³/mol. The number of methoxy groups -OCH3 is 1. The van der Waals surface area contributed by atoms with Gasteiger partial charge in [-0.05, 0) is 36.1 Å². The van der Waals surface area contributed by atoms with Crippen molar-refractivity contribution in [1.29, 1.82) is 0 Å². The molecule has 0 radical (unpaired) electrons. The third-order valence-electron chi connectivity index (χ3n) is 2.90. The van der Waals surface area contributed by atoms with Crippen LogP contribution in [0.1, 0.15) is 17.5 Å². The van der Waals surface area contributed by atoms with Gasteiger partial charge in [-0.3, -0.25) is 0 Å². The van der Waals surface area contributed by atoms with Crippen LogP contribution in [0, 0.1) is 0 Å². The Bertz CT molecular complexity index is 371. The van der Waals surface area contributed by atoms with Crippen LogP contribution in [0.3, 0.4) is 0 Å². The summed E-state index contributed by atoms with van der Waals surface area (Å²) in [5.41, 5.74) is 1.27. The summed E-state index contributed by atoms with van der Waals surface area (Å²) in [6, 6.07) is 5.83. The fraction of sp³-hybridized carbons (Fsp3) is 0.333. The zero-order chi connectivity index (χ0) is 10.2. The van der Waals surface area contributed by atoms with Gasteiger partial charge in [0, 0.05) is 0 Å². The summed E-state index contributed by atoms with van der Waals surface area (Å²) in [5, 5.41) is 10.2. The predicted octanol–water partition coefficient (Wildman–Crippen LogP) is 2.01. The minimum Gasteiger partial charge on any atom is -0.497 e. The van der Waals surface area contributed by atoms with Crippen LogP contribution in [-0.4, -0.2) is 12.2 Å². The molecule has 0 amide bonds. The summed E-state index contributed by atoms with van der Waals surface area (Å²) in [6.07, 6.45) is 3.24. The van der Waals surface area contributed by atoms with Gasteiger partial charge in [-0.15, -0.1) is 0 Å². The summed E-state index contributed by atoms with van der Waals surface area (Å²) < 4.78 is 5.13. The number of hydrogen-bond acceptors (Lipinski definition) is 2. The highest BCUT2D eigenvalue weighted by Gasteiger charge is 2.33. The number of fused-ring (bicyclic) bond motifs is 1. The van der Waals surface area contributed by atoms with Gasteiger partial charge in [0.1, 0.15) is 11.4 Å². The lowest BCUT2D eigenvalue weighted by atomic mass is 9.96. The maximum absolute atomic E-state index is 10.2. The first-order chi connectivity index (χ1) is 6.69. The Balaban J connectivity index is 2.52. The first kappa shape index (κ1) is 9.28. The third kappa shape index (κ3) is 1.23. The van der Waals surface area contributed by atoms with Crippen molar-refractivity contribution >= 4 is 0 Å². The van der Waals surface area contributed by atoms with Crippen LogP contribution < -0.4 is 4.74 Å². The van der Waals surface area contributed by atoms with E-state index in [9.17, 15) is 5.11 Å². The van der Waals surface area contributed by atoms with E-state index in [1.165, 1.54) is 5.56 Å². The van der Waals surface area contributed by atoms with Gasteiger partial charge in [-0.2, -0.15) is 0 Å². The molecule has 14 heavy (non-hydrogen) atoms. The molecule has 0 aromatic heterocycles. The van der Waals surface area contributed by atoms with Crippen molar-refractivity contribution in [2.75, 3.05) is 7.11 Å². The Labute approximate surface area is 83.8 Å². The van der Waals surface area contributed by atoms with E-state index in [0.717, 1.165) is 24.2 Å². The fourth-order valence-corrected chi connectivity index (χ4v) is 1.98. The normalized spacial score (nSPS) is 24.4. The van der Waals surface area contributed by atoms with Crippen LogP contribution in [0.4, 0.5) is 0 Å². The molecule has 0 heterocycles. The van der Waals surface area contributed by atoms with Crippen molar-refractivity contribution in [3.8, 4) is 5.75 Å². The summed E-state index contributed by atoms with van der Waals surface area (Å²) in [4.78, 5) is 0. The highest BCUT2D eigenvalue weighted by atomic mass is 16.5. The maximum Gasteiger partial charge on any atom is 0.119 e. The molecule has 1 N–H and O–H groups in total. The number of hydrogen-bond donors (Lipinski definition) is 1. The highest BCUT2D eigenvalue weighted by Crippen LogP contribution is 2.39. The lowest BCUT2D eigenvalue weighted by molar-refractivity contribution is 0.0918. The van der Waals surface area contributed by atoms with Gasteiger partial charge in [0.05, 0.1) is 7.11 Å². The molecule has 1 aromatic rings. The number of benzene rings is 1. The van der Waals surface area contributed by atoms with Crippen LogP contribution in [-0.2, 0) is 12.0 Å². The lowest BCUT2D eigenvalue weighted by Gasteiger charge is -2.19. The van der Waals surface area contributed by atoms with Gasteiger partial charge in [0.2, 0.25) is 0 Å². The van der Waals surface area contributed by atoms with E-state index in [1.54, 1.807) is 13.2 Å². The Morgan fingerprint density at radius 2 is 2.36 bits per heavy atom. The summed E-state index contributed by atoms with van der Waals surface area (Å²) in [6.45, 7) is 3.68. The Hall–Kier alpha value is -1.28. The molecular weight excluding hydrogens is 176 g/mol. The molecule has 2 nitrogen and oxygen atoms in total. The minimum atomic E-state index is -0.857. The first-order valence-corrected chi connectivity index (χ1v) is 4.73. The molecule has 0 fully saturated rings. The second kappa shape index (κ2) is 3.14. The molecule has 2 heteroatoms. The molecule has 2 rings (SSSR count). The van der Waals surface area contributed by atoms with Crippen molar-refractivity contribution in [2.45, 2.75) is 18.4 Å². The van der Waals surface area contributed by atoms with Gasteiger partial charge < -0.3 is 9.84 Å². The van der Waals surface area contributed by atoms with E-state index in [-0.39, 0.29) is 0 Å². The van der Waals surface area contributed by atoms with E-state index < -0.39 is 5.60 Å². The average molecular weight is 190 g/mol. The van der Waals surface area contributed by atoms with Crippen molar-refractivity contribution < 1.29 is 9.84 Å². The van der Waals surface area contributed by atoms with E-state index in [4.69, 9.17) is 4.74 Å². The third-order valence-corrected chi connectivity index (χ3v) is 2.90. The number of aliphatic hydroxyl groups is 1. The van der Waals surface area contributed by atoms with Crippen LogP contribution in [0.5, 0.6) is 5.75 Å². The molecule has 1 aliphatic rings. The maximum atomic E-state index is 10.2. The van der Waals surface area contributed by atoms with E-state index in [0.29, 0.717) is 0 Å². The quantitative estimate of drug-likeness (QED) is 0.723. The van der Waals surface area contributed by atoms with E-state index >= 15 is 0 Å². The Kier molecular flexibility index (Phi) is 2.08. The molecule has 0 saturated heterocycles. The molecule has 1 aromatic carbocycles. The van der Waals surface area contributed by atoms with Crippen molar-refractivity contribution in [3.05, 3.63) is 42.0 Å². The van der Waals surface area contributed by atoms with Crippen molar-refractivity contribution in [1.82, 2.24) is 0 Å². The summed E-state index contributed by atoms with van der Waals surface area (Å²) in [7, 11) is 1.63. The van der Waals surface area contributed by atoms with Crippen LogP contribution >= 0.6 is 0 Å². The largest absolute Gasteiger partial charge is 0.497 e. The van der Waals surface area contributed by atoms with Crippen molar-refractivity contribution in [2.24, 2.45) is 0 Å². The second-order valence-electron chi connectivity index (χ2n) is 3.65. The smallest absolute Gasteiger partial charge is 0.119 e. The zero-order valence-electron chi connectivity index (χ0n) is 8.29. The molecule has 0 spiro atoms. The SMILES string of the molecule is C=CC1(O)CCc2ccc(OC)cc21. The first-order valence-electron chi connectivity index (χ1n) is 4.73. The van der Waals surface area contributed by atoms with Gasteiger partial charge >= 0.3 is 0 Å². The second-order valence-corrected chi connectivity index (χ2v) is 3.65. The molecular formula is C12H14O2. The zero-order valence-corrected chi connectivity index (χ0v) is 8.29. The van der Waals surface area contributed by atoms with Gasteiger partial charge in [-0.1, -0.05) is 18.7 Å². The monoisotopic (exact) mass is 190 g/mol. The van der Waals surface area contributed by atoms with Gasteiger partial charge in [0.15, 0.2) is 0 Å². The number of aryl methyl sites for hydroxylation is 1.